The molecule has 1 aromatic carbocycles. The molecular formula is C15H15F6NO. The third kappa shape index (κ3) is 3.45. The first-order chi connectivity index (χ1) is 10.4. The second kappa shape index (κ2) is 5.42. The lowest BCUT2D eigenvalue weighted by molar-refractivity contribution is -0.160. The van der Waals surface area contributed by atoms with E-state index in [9.17, 15) is 31.1 Å². The van der Waals surface area contributed by atoms with Crippen molar-refractivity contribution in [1.29, 1.82) is 0 Å². The SMILES string of the molecule is Cc1cc(C(=O)NC(C)C(F)(F)F)cc(C2(C(F)(F)F)CC2)c1. The van der Waals surface area contributed by atoms with Crippen molar-refractivity contribution in [3.05, 3.63) is 34.9 Å². The molecule has 128 valence electrons. The summed E-state index contributed by atoms with van der Waals surface area (Å²) in [6.45, 7) is 2.27. The molecule has 2 rings (SSSR count). The van der Waals surface area contributed by atoms with E-state index < -0.39 is 29.7 Å². The van der Waals surface area contributed by atoms with Gasteiger partial charge >= 0.3 is 12.4 Å². The first-order valence-corrected chi connectivity index (χ1v) is 6.93. The Kier molecular flexibility index (Phi) is 4.15. The van der Waals surface area contributed by atoms with Gasteiger partial charge in [-0.25, -0.2) is 0 Å². The summed E-state index contributed by atoms with van der Waals surface area (Å²) in [6, 6.07) is 1.54. The third-order valence-electron chi connectivity index (χ3n) is 4.02. The first kappa shape index (κ1) is 17.6. The summed E-state index contributed by atoms with van der Waals surface area (Å²) >= 11 is 0. The fourth-order valence-corrected chi connectivity index (χ4v) is 2.41. The molecule has 1 fully saturated rings. The van der Waals surface area contributed by atoms with Gasteiger partial charge in [-0.05, 0) is 44.4 Å². The summed E-state index contributed by atoms with van der Waals surface area (Å²) in [4.78, 5) is 11.9. The number of alkyl halides is 6. The summed E-state index contributed by atoms with van der Waals surface area (Å²) < 4.78 is 76.9. The number of carbonyl (C=O) groups is 1. The third-order valence-corrected chi connectivity index (χ3v) is 4.02. The van der Waals surface area contributed by atoms with Gasteiger partial charge in [0.1, 0.15) is 6.04 Å². The maximum absolute atomic E-state index is 13.2. The molecule has 1 amide bonds. The maximum Gasteiger partial charge on any atom is 0.408 e. The lowest BCUT2D eigenvalue weighted by atomic mass is 9.92. The van der Waals surface area contributed by atoms with Crippen LogP contribution in [0.4, 0.5) is 26.3 Å². The molecule has 23 heavy (non-hydrogen) atoms. The van der Waals surface area contributed by atoms with Crippen molar-refractivity contribution in [2.24, 2.45) is 0 Å². The number of benzene rings is 1. The van der Waals surface area contributed by atoms with Crippen LogP contribution in [-0.2, 0) is 5.41 Å². The highest BCUT2D eigenvalue weighted by Crippen LogP contribution is 2.59. The average Bonchev–Trinajstić information content (AvgIpc) is 3.17. The lowest BCUT2D eigenvalue weighted by Crippen LogP contribution is -2.43. The number of rotatable bonds is 3. The molecule has 0 heterocycles. The zero-order valence-electron chi connectivity index (χ0n) is 12.4. The molecule has 0 saturated heterocycles. The van der Waals surface area contributed by atoms with E-state index in [2.05, 4.69) is 0 Å². The quantitative estimate of drug-likeness (QED) is 0.819. The average molecular weight is 339 g/mol. The molecule has 0 radical (unpaired) electrons. The predicted molar refractivity (Wildman–Crippen MR) is 71.1 cm³/mol. The number of nitrogens with one attached hydrogen (secondary N) is 1. The summed E-state index contributed by atoms with van der Waals surface area (Å²) in [5.41, 5.74) is -1.87. The van der Waals surface area contributed by atoms with Gasteiger partial charge in [-0.1, -0.05) is 11.6 Å². The lowest BCUT2D eigenvalue weighted by Gasteiger charge is -2.21. The van der Waals surface area contributed by atoms with Gasteiger partial charge in [0, 0.05) is 5.56 Å². The van der Waals surface area contributed by atoms with Crippen LogP contribution in [0.2, 0.25) is 0 Å². The number of halogens is 6. The van der Waals surface area contributed by atoms with Crippen LogP contribution in [0.5, 0.6) is 0 Å². The molecule has 1 aliphatic carbocycles. The van der Waals surface area contributed by atoms with E-state index in [1.54, 1.807) is 5.32 Å². The van der Waals surface area contributed by atoms with Gasteiger partial charge < -0.3 is 5.32 Å². The Bertz CT molecular complexity index is 615. The fourth-order valence-electron chi connectivity index (χ4n) is 2.41. The summed E-state index contributed by atoms with van der Waals surface area (Å²) in [6.07, 6.45) is -9.24. The Morgan fingerprint density at radius 3 is 2.13 bits per heavy atom. The standard InChI is InChI=1S/C15H15F6NO/c1-8-5-10(12(23)22-9(2)14(16,17)18)7-11(6-8)13(3-4-13)15(19,20)21/h5-7,9H,3-4H2,1-2H3,(H,22,23). The molecule has 1 unspecified atom stereocenters. The minimum Gasteiger partial charge on any atom is -0.341 e. The highest BCUT2D eigenvalue weighted by atomic mass is 19.4. The summed E-state index contributed by atoms with van der Waals surface area (Å²) in [7, 11) is 0. The minimum atomic E-state index is -4.62. The van der Waals surface area contributed by atoms with Gasteiger partial charge in [0.25, 0.3) is 5.91 Å². The van der Waals surface area contributed by atoms with E-state index in [4.69, 9.17) is 0 Å². The zero-order valence-corrected chi connectivity index (χ0v) is 12.4. The Morgan fingerprint density at radius 1 is 1.13 bits per heavy atom. The second-order valence-corrected chi connectivity index (χ2v) is 5.90. The van der Waals surface area contributed by atoms with E-state index in [1.807, 2.05) is 0 Å². The van der Waals surface area contributed by atoms with E-state index in [0.29, 0.717) is 5.56 Å². The molecule has 1 N–H and O–H groups in total. The molecule has 8 heteroatoms. The van der Waals surface area contributed by atoms with Crippen LogP contribution in [-0.4, -0.2) is 24.3 Å². The van der Waals surface area contributed by atoms with Gasteiger partial charge in [-0.3, -0.25) is 4.79 Å². The van der Waals surface area contributed by atoms with Crippen LogP contribution >= 0.6 is 0 Å². The van der Waals surface area contributed by atoms with Gasteiger partial charge in [0.05, 0.1) is 5.41 Å². The normalized spacial score (nSPS) is 18.4. The van der Waals surface area contributed by atoms with Crippen LogP contribution in [0.25, 0.3) is 0 Å². The van der Waals surface area contributed by atoms with Crippen LogP contribution in [0, 0.1) is 6.92 Å². The maximum atomic E-state index is 13.2. The molecule has 0 bridgehead atoms. The molecule has 2 nitrogen and oxygen atoms in total. The topological polar surface area (TPSA) is 29.1 Å². The largest absolute Gasteiger partial charge is 0.408 e. The molecule has 1 atom stereocenters. The first-order valence-electron chi connectivity index (χ1n) is 6.93. The highest BCUT2D eigenvalue weighted by molar-refractivity contribution is 5.95. The number of hydrogen-bond donors (Lipinski definition) is 1. The van der Waals surface area contributed by atoms with Gasteiger partial charge in [0.2, 0.25) is 0 Å². The highest BCUT2D eigenvalue weighted by Gasteiger charge is 2.64. The Morgan fingerprint density at radius 2 is 1.70 bits per heavy atom. The Balaban J connectivity index is 2.30. The number of amides is 1. The van der Waals surface area contributed by atoms with E-state index in [1.165, 1.54) is 19.1 Å². The van der Waals surface area contributed by atoms with Crippen molar-refractivity contribution in [1.82, 2.24) is 5.32 Å². The van der Waals surface area contributed by atoms with Crippen LogP contribution in [0.15, 0.2) is 18.2 Å². The summed E-state index contributed by atoms with van der Waals surface area (Å²) in [5.74, 6) is -1.04. The van der Waals surface area contributed by atoms with Crippen molar-refractivity contribution in [2.45, 2.75) is 50.5 Å². The number of hydrogen-bond acceptors (Lipinski definition) is 1. The van der Waals surface area contributed by atoms with Crippen LogP contribution < -0.4 is 5.32 Å². The molecular weight excluding hydrogens is 324 g/mol. The van der Waals surface area contributed by atoms with Crippen molar-refractivity contribution in [3.63, 3.8) is 0 Å². The second-order valence-electron chi connectivity index (χ2n) is 5.90. The van der Waals surface area contributed by atoms with E-state index >= 15 is 0 Å². The van der Waals surface area contributed by atoms with Crippen LogP contribution in [0.1, 0.15) is 41.3 Å². The summed E-state index contributed by atoms with van der Waals surface area (Å²) in [5, 5.41) is 1.76. The van der Waals surface area contributed by atoms with Gasteiger partial charge in [0.15, 0.2) is 0 Å². The van der Waals surface area contributed by atoms with Crippen molar-refractivity contribution < 1.29 is 31.1 Å². The monoisotopic (exact) mass is 339 g/mol. The number of aryl methyl sites for hydroxylation is 1. The van der Waals surface area contributed by atoms with E-state index in [0.717, 1.165) is 13.0 Å². The Labute approximate surface area is 128 Å². The van der Waals surface area contributed by atoms with Crippen molar-refractivity contribution in [3.8, 4) is 0 Å². The fraction of sp³-hybridized carbons (Fsp3) is 0.533. The Hall–Kier alpha value is -1.73. The van der Waals surface area contributed by atoms with Crippen LogP contribution in [0.3, 0.4) is 0 Å². The number of carbonyl (C=O) groups excluding carboxylic acids is 1. The molecule has 0 spiro atoms. The molecule has 1 aliphatic rings. The van der Waals surface area contributed by atoms with Gasteiger partial charge in [-0.15, -0.1) is 0 Å². The molecule has 1 aromatic rings. The molecule has 0 aromatic heterocycles. The van der Waals surface area contributed by atoms with Crippen molar-refractivity contribution >= 4 is 5.91 Å². The predicted octanol–water partition coefficient (Wildman–Crippen LogP) is 4.27. The molecule has 0 aliphatic heterocycles. The zero-order chi connectivity index (χ0) is 17.6. The van der Waals surface area contributed by atoms with Crippen molar-refractivity contribution in [2.75, 3.05) is 0 Å². The van der Waals surface area contributed by atoms with E-state index in [-0.39, 0.29) is 24.0 Å². The molecule has 1 saturated carbocycles. The smallest absolute Gasteiger partial charge is 0.341 e. The minimum absolute atomic E-state index is 0.0742. The van der Waals surface area contributed by atoms with Gasteiger partial charge in [-0.2, -0.15) is 26.3 Å².